The maximum atomic E-state index is 11.5. The fourth-order valence-electron chi connectivity index (χ4n) is 1.35. The lowest BCUT2D eigenvalue weighted by atomic mass is 10.2. The van der Waals surface area contributed by atoms with Gasteiger partial charge in [-0.25, -0.2) is 4.90 Å². The molecular formula is C10H11N3O4. The number of hydrogen-bond donors (Lipinski definition) is 1. The molecule has 7 nitrogen and oxygen atoms in total. The molecule has 0 radical (unpaired) electrons. The molecule has 17 heavy (non-hydrogen) atoms. The highest BCUT2D eigenvalue weighted by Gasteiger charge is 2.24. The number of amides is 2. The van der Waals surface area contributed by atoms with E-state index >= 15 is 0 Å². The SMILES string of the molecule is CC(=O)N(C(=O)C[N+](=O)[O-])c1cccc(N)c1. The van der Waals surface area contributed by atoms with Crippen LogP contribution in [0.2, 0.25) is 0 Å². The molecule has 0 unspecified atom stereocenters. The largest absolute Gasteiger partial charge is 0.399 e. The summed E-state index contributed by atoms with van der Waals surface area (Å²) in [6.07, 6.45) is 0. The van der Waals surface area contributed by atoms with Crippen LogP contribution in [-0.2, 0) is 9.59 Å². The van der Waals surface area contributed by atoms with Crippen LogP contribution in [0.25, 0.3) is 0 Å². The number of imide groups is 1. The highest BCUT2D eigenvalue weighted by molar-refractivity contribution is 6.14. The molecule has 0 aliphatic carbocycles. The monoisotopic (exact) mass is 237 g/mol. The van der Waals surface area contributed by atoms with Gasteiger partial charge in [-0.05, 0) is 18.2 Å². The molecule has 0 aromatic heterocycles. The predicted octanol–water partition coefficient (Wildman–Crippen LogP) is 0.425. The van der Waals surface area contributed by atoms with Gasteiger partial charge in [0.05, 0.1) is 5.69 Å². The minimum absolute atomic E-state index is 0.226. The zero-order chi connectivity index (χ0) is 13.0. The van der Waals surface area contributed by atoms with Crippen LogP contribution in [0, 0.1) is 10.1 Å². The molecule has 0 bridgehead atoms. The van der Waals surface area contributed by atoms with Gasteiger partial charge >= 0.3 is 5.91 Å². The van der Waals surface area contributed by atoms with Crippen LogP contribution in [-0.4, -0.2) is 23.3 Å². The summed E-state index contributed by atoms with van der Waals surface area (Å²) in [4.78, 5) is 33.1. The number of anilines is 2. The number of nitrogen functional groups attached to an aromatic ring is 1. The number of hydrogen-bond acceptors (Lipinski definition) is 5. The number of nitrogens with two attached hydrogens (primary N) is 1. The van der Waals surface area contributed by atoms with Gasteiger partial charge in [0.25, 0.3) is 6.54 Å². The van der Waals surface area contributed by atoms with Gasteiger partial charge in [-0.2, -0.15) is 0 Å². The van der Waals surface area contributed by atoms with E-state index in [0.29, 0.717) is 5.69 Å². The number of rotatable bonds is 3. The highest BCUT2D eigenvalue weighted by atomic mass is 16.6. The molecule has 90 valence electrons. The third kappa shape index (κ3) is 3.26. The summed E-state index contributed by atoms with van der Waals surface area (Å²) in [7, 11) is 0. The van der Waals surface area contributed by atoms with E-state index in [9.17, 15) is 19.7 Å². The lowest BCUT2D eigenvalue weighted by molar-refractivity contribution is -0.467. The summed E-state index contributed by atoms with van der Waals surface area (Å²) >= 11 is 0. The van der Waals surface area contributed by atoms with Gasteiger partial charge < -0.3 is 5.73 Å². The van der Waals surface area contributed by atoms with E-state index < -0.39 is 23.3 Å². The van der Waals surface area contributed by atoms with Crippen LogP contribution in [0.5, 0.6) is 0 Å². The summed E-state index contributed by atoms with van der Waals surface area (Å²) < 4.78 is 0. The van der Waals surface area contributed by atoms with Crippen LogP contribution in [0.3, 0.4) is 0 Å². The number of nitrogens with zero attached hydrogens (tertiary/aromatic N) is 2. The molecule has 0 aliphatic rings. The molecule has 0 atom stereocenters. The fourth-order valence-corrected chi connectivity index (χ4v) is 1.35. The van der Waals surface area contributed by atoms with Gasteiger partial charge in [-0.1, -0.05) is 6.07 Å². The van der Waals surface area contributed by atoms with E-state index in [1.165, 1.54) is 12.1 Å². The fraction of sp³-hybridized carbons (Fsp3) is 0.200. The van der Waals surface area contributed by atoms with Gasteiger partial charge in [0.2, 0.25) is 5.91 Å². The van der Waals surface area contributed by atoms with E-state index in [1.54, 1.807) is 12.1 Å². The van der Waals surface area contributed by atoms with Gasteiger partial charge in [0.1, 0.15) is 0 Å². The van der Waals surface area contributed by atoms with Gasteiger partial charge in [0, 0.05) is 17.5 Å². The molecule has 0 fully saturated rings. The topological polar surface area (TPSA) is 107 Å². The van der Waals surface area contributed by atoms with Crippen molar-refractivity contribution in [3.05, 3.63) is 34.4 Å². The Hall–Kier alpha value is -2.44. The summed E-state index contributed by atoms with van der Waals surface area (Å²) in [6.45, 7) is 0.218. The average Bonchev–Trinajstić information content (AvgIpc) is 2.15. The molecule has 0 saturated carbocycles. The minimum atomic E-state index is -0.936. The molecule has 0 heterocycles. The molecule has 1 rings (SSSR count). The van der Waals surface area contributed by atoms with Crippen LogP contribution in [0.1, 0.15) is 6.92 Å². The standard InChI is InChI=1S/C10H11N3O4/c1-7(14)13(10(15)6-12(16)17)9-4-2-3-8(11)5-9/h2-5H,6,11H2,1H3. The second-order valence-corrected chi connectivity index (χ2v) is 3.33. The molecule has 7 heteroatoms. The summed E-state index contributed by atoms with van der Waals surface area (Å²) in [5.41, 5.74) is 6.10. The Morgan fingerprint density at radius 3 is 2.59 bits per heavy atom. The second kappa shape index (κ2) is 5.06. The number of nitro groups is 1. The molecule has 0 spiro atoms. The number of carbonyl (C=O) groups is 2. The third-order valence-electron chi connectivity index (χ3n) is 1.96. The first-order chi connectivity index (χ1) is 7.91. The van der Waals surface area contributed by atoms with Crippen molar-refractivity contribution in [3.8, 4) is 0 Å². The normalized spacial score (nSPS) is 9.71. The maximum absolute atomic E-state index is 11.5. The summed E-state index contributed by atoms with van der Waals surface area (Å²) in [5, 5.41) is 10.3. The first kappa shape index (κ1) is 12.6. The smallest absolute Gasteiger partial charge is 0.305 e. The first-order valence-corrected chi connectivity index (χ1v) is 4.72. The molecule has 1 aromatic carbocycles. The summed E-state index contributed by atoms with van der Waals surface area (Å²) in [6, 6.07) is 6.02. The molecule has 0 aliphatic heterocycles. The van der Waals surface area contributed by atoms with Crippen molar-refractivity contribution in [3.63, 3.8) is 0 Å². The van der Waals surface area contributed by atoms with Crippen molar-refractivity contribution in [2.45, 2.75) is 6.92 Å². The Balaban J connectivity index is 3.05. The van der Waals surface area contributed by atoms with Gasteiger partial charge in [-0.15, -0.1) is 0 Å². The van der Waals surface area contributed by atoms with Gasteiger partial charge in [-0.3, -0.25) is 19.7 Å². The van der Waals surface area contributed by atoms with Crippen LogP contribution in [0.15, 0.2) is 24.3 Å². The Kier molecular flexibility index (Phi) is 3.76. The number of benzene rings is 1. The lowest BCUT2D eigenvalue weighted by Gasteiger charge is -2.17. The molecule has 2 N–H and O–H groups in total. The van der Waals surface area contributed by atoms with Crippen molar-refractivity contribution in [2.75, 3.05) is 17.2 Å². The predicted molar refractivity (Wildman–Crippen MR) is 60.9 cm³/mol. The Morgan fingerprint density at radius 1 is 1.47 bits per heavy atom. The highest BCUT2D eigenvalue weighted by Crippen LogP contribution is 2.17. The van der Waals surface area contributed by atoms with Crippen molar-refractivity contribution < 1.29 is 14.5 Å². The van der Waals surface area contributed by atoms with E-state index in [2.05, 4.69) is 0 Å². The zero-order valence-corrected chi connectivity index (χ0v) is 9.12. The zero-order valence-electron chi connectivity index (χ0n) is 9.12. The third-order valence-corrected chi connectivity index (χ3v) is 1.96. The molecule has 1 aromatic rings. The van der Waals surface area contributed by atoms with Crippen LogP contribution >= 0.6 is 0 Å². The van der Waals surface area contributed by atoms with Crippen molar-refractivity contribution >= 4 is 23.2 Å². The molecule has 0 saturated heterocycles. The lowest BCUT2D eigenvalue weighted by Crippen LogP contribution is -2.39. The minimum Gasteiger partial charge on any atom is -0.399 e. The van der Waals surface area contributed by atoms with Crippen molar-refractivity contribution in [1.29, 1.82) is 0 Å². The van der Waals surface area contributed by atoms with Crippen molar-refractivity contribution in [2.24, 2.45) is 0 Å². The second-order valence-electron chi connectivity index (χ2n) is 3.33. The van der Waals surface area contributed by atoms with E-state index in [0.717, 1.165) is 11.8 Å². The average molecular weight is 237 g/mol. The van der Waals surface area contributed by atoms with Gasteiger partial charge in [0.15, 0.2) is 0 Å². The van der Waals surface area contributed by atoms with E-state index in [-0.39, 0.29) is 5.69 Å². The maximum Gasteiger partial charge on any atom is 0.305 e. The first-order valence-electron chi connectivity index (χ1n) is 4.72. The quantitative estimate of drug-likeness (QED) is 0.466. The van der Waals surface area contributed by atoms with Crippen LogP contribution < -0.4 is 10.6 Å². The number of carbonyl (C=O) groups excluding carboxylic acids is 2. The van der Waals surface area contributed by atoms with E-state index in [4.69, 9.17) is 5.73 Å². The summed E-state index contributed by atoms with van der Waals surface area (Å²) in [5.74, 6) is -1.49. The molecular weight excluding hydrogens is 226 g/mol. The Bertz CT molecular complexity index is 472. The van der Waals surface area contributed by atoms with Crippen molar-refractivity contribution in [1.82, 2.24) is 0 Å². The Labute approximate surface area is 97.0 Å². The van der Waals surface area contributed by atoms with Crippen LogP contribution in [0.4, 0.5) is 11.4 Å². The van der Waals surface area contributed by atoms with E-state index in [1.807, 2.05) is 0 Å². The molecule has 2 amide bonds. The Morgan fingerprint density at radius 2 is 2.12 bits per heavy atom.